The van der Waals surface area contributed by atoms with Gasteiger partial charge in [-0.05, 0) is 19.4 Å². The fourth-order valence-corrected chi connectivity index (χ4v) is 1.89. The zero-order valence-corrected chi connectivity index (χ0v) is 11.7. The number of nitrogens with one attached hydrogen (secondary N) is 1. The largest absolute Gasteiger partial charge is 0.464 e. The van der Waals surface area contributed by atoms with Gasteiger partial charge in [0.1, 0.15) is 11.0 Å². The molecule has 0 spiro atoms. The van der Waals surface area contributed by atoms with Crippen LogP contribution in [0.15, 0.2) is 36.4 Å². The second-order valence-electron chi connectivity index (χ2n) is 4.07. The fraction of sp³-hybridized carbons (Fsp3) is 0.286. The van der Waals surface area contributed by atoms with E-state index in [4.69, 9.17) is 16.3 Å². The van der Waals surface area contributed by atoms with Crippen molar-refractivity contribution < 1.29 is 4.74 Å². The standard InChI is InChI=1S/C14H16ClN3O/c1-3-19-14-17-12(15)9-13(18-14)16-10(2)11-7-5-4-6-8-11/h4-10H,3H2,1-2H3,(H,16,17,18). The molecule has 1 unspecified atom stereocenters. The Morgan fingerprint density at radius 1 is 1.26 bits per heavy atom. The molecule has 100 valence electrons. The van der Waals surface area contributed by atoms with Gasteiger partial charge in [-0.3, -0.25) is 0 Å². The number of hydrogen-bond acceptors (Lipinski definition) is 4. The zero-order chi connectivity index (χ0) is 13.7. The molecule has 0 aliphatic carbocycles. The van der Waals surface area contributed by atoms with E-state index in [-0.39, 0.29) is 12.1 Å². The Morgan fingerprint density at radius 3 is 2.68 bits per heavy atom. The van der Waals surface area contributed by atoms with Crippen LogP contribution in [0.4, 0.5) is 5.82 Å². The monoisotopic (exact) mass is 277 g/mol. The predicted octanol–water partition coefficient (Wildman–Crippen LogP) is 3.70. The summed E-state index contributed by atoms with van der Waals surface area (Å²) in [6.45, 7) is 4.45. The summed E-state index contributed by atoms with van der Waals surface area (Å²) in [5.74, 6) is 0.653. The second-order valence-corrected chi connectivity index (χ2v) is 4.46. The minimum atomic E-state index is 0.127. The van der Waals surface area contributed by atoms with Crippen molar-refractivity contribution in [2.45, 2.75) is 19.9 Å². The topological polar surface area (TPSA) is 47.0 Å². The van der Waals surface area contributed by atoms with E-state index in [1.807, 2.05) is 25.1 Å². The molecule has 19 heavy (non-hydrogen) atoms. The molecule has 1 N–H and O–H groups in total. The maximum absolute atomic E-state index is 5.94. The Labute approximate surface area is 117 Å². The van der Waals surface area contributed by atoms with Gasteiger partial charge < -0.3 is 10.1 Å². The van der Waals surface area contributed by atoms with E-state index in [0.29, 0.717) is 17.6 Å². The molecule has 1 atom stereocenters. The van der Waals surface area contributed by atoms with Gasteiger partial charge >= 0.3 is 6.01 Å². The highest BCUT2D eigenvalue weighted by molar-refractivity contribution is 6.29. The third-order valence-electron chi connectivity index (χ3n) is 2.61. The van der Waals surface area contributed by atoms with Gasteiger partial charge in [0.05, 0.1) is 6.61 Å². The minimum absolute atomic E-state index is 0.127. The van der Waals surface area contributed by atoms with Gasteiger partial charge in [0.25, 0.3) is 0 Å². The van der Waals surface area contributed by atoms with Crippen molar-refractivity contribution >= 4 is 17.4 Å². The third-order valence-corrected chi connectivity index (χ3v) is 2.81. The summed E-state index contributed by atoms with van der Waals surface area (Å²) in [5.41, 5.74) is 1.18. The number of nitrogens with zero attached hydrogens (tertiary/aromatic N) is 2. The molecule has 0 amide bonds. The number of benzene rings is 1. The van der Waals surface area contributed by atoms with E-state index in [0.717, 1.165) is 0 Å². The molecular weight excluding hydrogens is 262 g/mol. The minimum Gasteiger partial charge on any atom is -0.464 e. The van der Waals surface area contributed by atoms with Crippen LogP contribution in [0.25, 0.3) is 0 Å². The highest BCUT2D eigenvalue weighted by atomic mass is 35.5. The molecule has 0 radical (unpaired) electrons. The third kappa shape index (κ3) is 3.83. The van der Waals surface area contributed by atoms with Crippen molar-refractivity contribution in [2.24, 2.45) is 0 Å². The average molecular weight is 278 g/mol. The Morgan fingerprint density at radius 2 is 2.00 bits per heavy atom. The molecule has 0 saturated carbocycles. The first kappa shape index (κ1) is 13.6. The van der Waals surface area contributed by atoms with E-state index in [2.05, 4.69) is 34.3 Å². The summed E-state index contributed by atoms with van der Waals surface area (Å²) < 4.78 is 5.27. The average Bonchev–Trinajstić information content (AvgIpc) is 2.39. The van der Waals surface area contributed by atoms with Crippen molar-refractivity contribution in [3.63, 3.8) is 0 Å². The predicted molar refractivity (Wildman–Crippen MR) is 76.7 cm³/mol. The summed E-state index contributed by atoms with van der Waals surface area (Å²) in [5, 5.41) is 3.64. The Kier molecular flexibility index (Phi) is 4.58. The summed E-state index contributed by atoms with van der Waals surface area (Å²) in [7, 11) is 0. The first-order valence-corrected chi connectivity index (χ1v) is 6.55. The van der Waals surface area contributed by atoms with Crippen molar-refractivity contribution in [3.8, 4) is 6.01 Å². The van der Waals surface area contributed by atoms with Crippen molar-refractivity contribution in [1.29, 1.82) is 0 Å². The molecule has 2 aromatic rings. The first-order valence-electron chi connectivity index (χ1n) is 6.18. The number of rotatable bonds is 5. The molecule has 0 saturated heterocycles. The van der Waals surface area contributed by atoms with Crippen LogP contribution < -0.4 is 10.1 Å². The van der Waals surface area contributed by atoms with Crippen LogP contribution in [0.2, 0.25) is 5.15 Å². The molecule has 1 heterocycles. The van der Waals surface area contributed by atoms with Gasteiger partial charge in [0.15, 0.2) is 0 Å². The van der Waals surface area contributed by atoms with E-state index < -0.39 is 0 Å². The van der Waals surface area contributed by atoms with E-state index >= 15 is 0 Å². The quantitative estimate of drug-likeness (QED) is 0.847. The van der Waals surface area contributed by atoms with Crippen LogP contribution in [0.5, 0.6) is 6.01 Å². The van der Waals surface area contributed by atoms with Gasteiger partial charge in [-0.2, -0.15) is 9.97 Å². The fourth-order valence-electron chi connectivity index (χ4n) is 1.71. The normalized spacial score (nSPS) is 11.9. The highest BCUT2D eigenvalue weighted by Crippen LogP contribution is 2.21. The first-order chi connectivity index (χ1) is 9.19. The van der Waals surface area contributed by atoms with Crippen molar-refractivity contribution in [3.05, 3.63) is 47.1 Å². The van der Waals surface area contributed by atoms with Crippen molar-refractivity contribution in [2.75, 3.05) is 11.9 Å². The molecule has 5 heteroatoms. The SMILES string of the molecule is CCOc1nc(Cl)cc(NC(C)c2ccccc2)n1. The van der Waals surface area contributed by atoms with E-state index in [1.54, 1.807) is 6.07 Å². The second kappa shape index (κ2) is 6.38. The number of hydrogen-bond donors (Lipinski definition) is 1. The molecule has 0 aliphatic heterocycles. The lowest BCUT2D eigenvalue weighted by Crippen LogP contribution is -2.09. The number of halogens is 1. The zero-order valence-electron chi connectivity index (χ0n) is 10.9. The molecule has 4 nitrogen and oxygen atoms in total. The van der Waals surface area contributed by atoms with Crippen LogP contribution in [0.1, 0.15) is 25.5 Å². The number of ether oxygens (including phenoxy) is 1. The van der Waals surface area contributed by atoms with Gasteiger partial charge in [0, 0.05) is 12.1 Å². The summed E-state index contributed by atoms with van der Waals surface area (Å²) in [6, 6.07) is 12.2. The lowest BCUT2D eigenvalue weighted by molar-refractivity contribution is 0.313. The lowest BCUT2D eigenvalue weighted by Gasteiger charge is -2.15. The maximum atomic E-state index is 5.94. The molecule has 0 bridgehead atoms. The Hall–Kier alpha value is -1.81. The van der Waals surface area contributed by atoms with E-state index in [1.165, 1.54) is 5.56 Å². The molecule has 2 rings (SSSR count). The van der Waals surface area contributed by atoms with Crippen molar-refractivity contribution in [1.82, 2.24) is 9.97 Å². The van der Waals surface area contributed by atoms with Crippen LogP contribution in [-0.2, 0) is 0 Å². The van der Waals surface area contributed by atoms with Gasteiger partial charge in [-0.15, -0.1) is 0 Å². The number of aromatic nitrogens is 2. The number of anilines is 1. The highest BCUT2D eigenvalue weighted by Gasteiger charge is 2.08. The van der Waals surface area contributed by atoms with E-state index in [9.17, 15) is 0 Å². The van der Waals surface area contributed by atoms with Gasteiger partial charge in [0.2, 0.25) is 0 Å². The summed E-state index contributed by atoms with van der Waals surface area (Å²) in [4.78, 5) is 8.26. The summed E-state index contributed by atoms with van der Waals surface area (Å²) in [6.07, 6.45) is 0. The van der Waals surface area contributed by atoms with Crippen LogP contribution in [0.3, 0.4) is 0 Å². The molecule has 1 aromatic heterocycles. The van der Waals surface area contributed by atoms with Gasteiger partial charge in [-0.1, -0.05) is 41.9 Å². The van der Waals surface area contributed by atoms with Crippen LogP contribution in [0, 0.1) is 0 Å². The molecule has 0 fully saturated rings. The lowest BCUT2D eigenvalue weighted by atomic mass is 10.1. The molecular formula is C14H16ClN3O. The summed E-state index contributed by atoms with van der Waals surface area (Å²) >= 11 is 5.94. The van der Waals surface area contributed by atoms with Crippen LogP contribution >= 0.6 is 11.6 Å². The Bertz CT molecular complexity index is 533. The van der Waals surface area contributed by atoms with Crippen LogP contribution in [-0.4, -0.2) is 16.6 Å². The molecule has 0 aliphatic rings. The Balaban J connectivity index is 2.14. The maximum Gasteiger partial charge on any atom is 0.319 e. The molecule has 1 aromatic carbocycles. The van der Waals surface area contributed by atoms with Gasteiger partial charge in [-0.25, -0.2) is 0 Å². The smallest absolute Gasteiger partial charge is 0.319 e.